The maximum atomic E-state index is 9.86. The van der Waals surface area contributed by atoms with Crippen molar-refractivity contribution < 1.29 is 14.6 Å². The summed E-state index contributed by atoms with van der Waals surface area (Å²) >= 11 is 0. The van der Waals surface area contributed by atoms with Gasteiger partial charge in [-0.3, -0.25) is 0 Å². The van der Waals surface area contributed by atoms with Gasteiger partial charge in [0.15, 0.2) is 0 Å². The van der Waals surface area contributed by atoms with Crippen molar-refractivity contribution in [3.05, 3.63) is 42.2 Å². The fourth-order valence-electron chi connectivity index (χ4n) is 1.62. The summed E-state index contributed by atoms with van der Waals surface area (Å²) in [5.41, 5.74) is 0.735. The molecule has 0 saturated heterocycles. The van der Waals surface area contributed by atoms with E-state index in [9.17, 15) is 5.11 Å². The van der Waals surface area contributed by atoms with E-state index in [2.05, 4.69) is 10.3 Å². The summed E-state index contributed by atoms with van der Waals surface area (Å²) in [7, 11) is 1.60. The van der Waals surface area contributed by atoms with E-state index >= 15 is 0 Å². The highest BCUT2D eigenvalue weighted by atomic mass is 16.5. The number of aliphatic hydroxyl groups is 1. The summed E-state index contributed by atoms with van der Waals surface area (Å²) in [6.45, 7) is 0.962. The zero-order valence-corrected chi connectivity index (χ0v) is 10.8. The lowest BCUT2D eigenvalue weighted by atomic mass is 10.3. The SMILES string of the molecule is COCc1cn(CC(O)COc2ccccc2)nn1. The first-order chi connectivity index (χ1) is 9.28. The van der Waals surface area contributed by atoms with E-state index in [4.69, 9.17) is 9.47 Å². The number of para-hydroxylation sites is 1. The van der Waals surface area contributed by atoms with Gasteiger partial charge in [-0.05, 0) is 12.1 Å². The van der Waals surface area contributed by atoms with Gasteiger partial charge in [0.25, 0.3) is 0 Å². The highest BCUT2D eigenvalue weighted by Crippen LogP contribution is 2.08. The van der Waals surface area contributed by atoms with Gasteiger partial charge in [-0.25, -0.2) is 4.68 Å². The molecule has 2 aromatic rings. The quantitative estimate of drug-likeness (QED) is 0.802. The minimum Gasteiger partial charge on any atom is -0.491 e. The van der Waals surface area contributed by atoms with Crippen LogP contribution in [0.15, 0.2) is 36.5 Å². The van der Waals surface area contributed by atoms with Gasteiger partial charge in [-0.15, -0.1) is 5.10 Å². The van der Waals surface area contributed by atoms with Crippen LogP contribution < -0.4 is 4.74 Å². The first-order valence-electron chi connectivity index (χ1n) is 6.02. The lowest BCUT2D eigenvalue weighted by Gasteiger charge is -2.11. The van der Waals surface area contributed by atoms with Crippen LogP contribution in [0.3, 0.4) is 0 Å². The first kappa shape index (κ1) is 13.5. The molecular weight excluding hydrogens is 246 g/mol. The highest BCUT2D eigenvalue weighted by molar-refractivity contribution is 5.20. The van der Waals surface area contributed by atoms with Crippen molar-refractivity contribution in [2.75, 3.05) is 13.7 Å². The van der Waals surface area contributed by atoms with Crippen LogP contribution in [0.5, 0.6) is 5.75 Å². The van der Waals surface area contributed by atoms with Gasteiger partial charge in [-0.1, -0.05) is 23.4 Å². The van der Waals surface area contributed by atoms with E-state index in [-0.39, 0.29) is 6.61 Å². The van der Waals surface area contributed by atoms with E-state index in [1.807, 2.05) is 30.3 Å². The smallest absolute Gasteiger partial charge is 0.119 e. The standard InChI is InChI=1S/C13H17N3O3/c1-18-9-11-7-16(15-14-11)8-12(17)10-19-13-5-3-2-4-6-13/h2-7,12,17H,8-10H2,1H3. The van der Waals surface area contributed by atoms with Crippen LogP contribution in [-0.2, 0) is 17.9 Å². The summed E-state index contributed by atoms with van der Waals surface area (Å²) in [4.78, 5) is 0. The largest absolute Gasteiger partial charge is 0.491 e. The molecule has 1 unspecified atom stereocenters. The molecule has 0 amide bonds. The fourth-order valence-corrected chi connectivity index (χ4v) is 1.62. The predicted molar refractivity (Wildman–Crippen MR) is 68.7 cm³/mol. The molecule has 0 radical (unpaired) electrons. The molecule has 1 heterocycles. The molecule has 102 valence electrons. The topological polar surface area (TPSA) is 69.4 Å². The zero-order chi connectivity index (χ0) is 13.5. The van der Waals surface area contributed by atoms with E-state index in [1.54, 1.807) is 18.0 Å². The van der Waals surface area contributed by atoms with Crippen molar-refractivity contribution in [3.63, 3.8) is 0 Å². The van der Waals surface area contributed by atoms with Crippen LogP contribution in [0.4, 0.5) is 0 Å². The van der Waals surface area contributed by atoms with Crippen molar-refractivity contribution in [1.29, 1.82) is 0 Å². The van der Waals surface area contributed by atoms with Crippen LogP contribution in [0.25, 0.3) is 0 Å². The monoisotopic (exact) mass is 263 g/mol. The second-order valence-corrected chi connectivity index (χ2v) is 4.14. The molecule has 0 fully saturated rings. The lowest BCUT2D eigenvalue weighted by Crippen LogP contribution is -2.23. The summed E-state index contributed by atoms with van der Waals surface area (Å²) in [5.74, 6) is 0.736. The van der Waals surface area contributed by atoms with Gasteiger partial charge < -0.3 is 14.6 Å². The summed E-state index contributed by atoms with van der Waals surface area (Å²) in [6, 6.07) is 9.38. The number of aliphatic hydroxyl groups excluding tert-OH is 1. The van der Waals surface area contributed by atoms with E-state index < -0.39 is 6.10 Å². The number of hydrogen-bond acceptors (Lipinski definition) is 5. The number of rotatable bonds is 7. The average Bonchev–Trinajstić information content (AvgIpc) is 2.85. The minimum atomic E-state index is -0.641. The molecule has 0 saturated carbocycles. The van der Waals surface area contributed by atoms with Gasteiger partial charge in [0.05, 0.1) is 19.3 Å². The molecule has 1 atom stereocenters. The third-order valence-electron chi connectivity index (χ3n) is 2.46. The van der Waals surface area contributed by atoms with Crippen molar-refractivity contribution >= 4 is 0 Å². The zero-order valence-electron chi connectivity index (χ0n) is 10.8. The number of ether oxygens (including phenoxy) is 2. The molecule has 1 N–H and O–H groups in total. The Balaban J connectivity index is 1.78. The van der Waals surface area contributed by atoms with Crippen LogP contribution in [0.2, 0.25) is 0 Å². The Kier molecular flexibility index (Phi) is 4.88. The lowest BCUT2D eigenvalue weighted by molar-refractivity contribution is 0.0888. The normalized spacial score (nSPS) is 12.3. The van der Waals surface area contributed by atoms with Gasteiger partial charge >= 0.3 is 0 Å². The van der Waals surface area contributed by atoms with Crippen molar-refractivity contribution in [2.45, 2.75) is 19.3 Å². The number of aromatic nitrogens is 3. The maximum Gasteiger partial charge on any atom is 0.119 e. The second-order valence-electron chi connectivity index (χ2n) is 4.14. The highest BCUT2D eigenvalue weighted by Gasteiger charge is 2.08. The van der Waals surface area contributed by atoms with Crippen molar-refractivity contribution in [3.8, 4) is 5.75 Å². The third-order valence-corrected chi connectivity index (χ3v) is 2.46. The molecule has 0 aliphatic carbocycles. The van der Waals surface area contributed by atoms with Crippen LogP contribution in [-0.4, -0.2) is 39.9 Å². The molecule has 6 nitrogen and oxygen atoms in total. The van der Waals surface area contributed by atoms with Gasteiger partial charge in [-0.2, -0.15) is 0 Å². The number of nitrogens with zero attached hydrogens (tertiary/aromatic N) is 3. The molecule has 0 bridgehead atoms. The molecular formula is C13H17N3O3. The number of benzene rings is 1. The Morgan fingerprint density at radius 3 is 2.84 bits per heavy atom. The third kappa shape index (κ3) is 4.35. The molecule has 0 aliphatic rings. The molecule has 0 aliphatic heterocycles. The summed E-state index contributed by atoms with van der Waals surface area (Å²) in [6.07, 6.45) is 1.10. The molecule has 1 aromatic carbocycles. The Morgan fingerprint density at radius 1 is 1.32 bits per heavy atom. The Hall–Kier alpha value is -1.92. The average molecular weight is 263 g/mol. The van der Waals surface area contributed by atoms with E-state index in [1.165, 1.54) is 0 Å². The van der Waals surface area contributed by atoms with E-state index in [0.29, 0.717) is 13.2 Å². The van der Waals surface area contributed by atoms with Crippen molar-refractivity contribution in [2.24, 2.45) is 0 Å². The fraction of sp³-hybridized carbons (Fsp3) is 0.385. The van der Waals surface area contributed by atoms with Gasteiger partial charge in [0, 0.05) is 7.11 Å². The van der Waals surface area contributed by atoms with Crippen molar-refractivity contribution in [1.82, 2.24) is 15.0 Å². The molecule has 2 rings (SSSR count). The molecule has 1 aromatic heterocycles. The Morgan fingerprint density at radius 2 is 2.11 bits per heavy atom. The second kappa shape index (κ2) is 6.86. The predicted octanol–water partition coefficient (Wildman–Crippen LogP) is 0.864. The first-order valence-corrected chi connectivity index (χ1v) is 6.02. The van der Waals surface area contributed by atoms with E-state index in [0.717, 1.165) is 11.4 Å². The Labute approximate surface area is 111 Å². The number of hydrogen-bond donors (Lipinski definition) is 1. The van der Waals surface area contributed by atoms with Gasteiger partial charge in [0.2, 0.25) is 0 Å². The summed E-state index contributed by atoms with van der Waals surface area (Å²) < 4.78 is 12.0. The molecule has 19 heavy (non-hydrogen) atoms. The van der Waals surface area contributed by atoms with Crippen LogP contribution in [0.1, 0.15) is 5.69 Å². The van der Waals surface area contributed by atoms with Crippen LogP contribution in [0, 0.1) is 0 Å². The minimum absolute atomic E-state index is 0.212. The maximum absolute atomic E-state index is 9.86. The van der Waals surface area contributed by atoms with Crippen LogP contribution >= 0.6 is 0 Å². The molecule has 6 heteroatoms. The molecule has 0 spiro atoms. The van der Waals surface area contributed by atoms with Gasteiger partial charge in [0.1, 0.15) is 24.2 Å². The summed E-state index contributed by atoms with van der Waals surface area (Å²) in [5, 5.41) is 17.7. The number of methoxy groups -OCH3 is 1. The Bertz CT molecular complexity index is 487.